The van der Waals surface area contributed by atoms with Crippen LogP contribution in [0.3, 0.4) is 0 Å². The van der Waals surface area contributed by atoms with E-state index >= 15 is 0 Å². The number of aromatic hydroxyl groups is 1. The van der Waals surface area contributed by atoms with Gasteiger partial charge in [0.1, 0.15) is 0 Å². The Morgan fingerprint density at radius 3 is 2.33 bits per heavy atom. The Bertz CT molecular complexity index is 1660. The molecule has 0 saturated heterocycles. The van der Waals surface area contributed by atoms with Crippen LogP contribution in [-0.2, 0) is 10.0 Å². The van der Waals surface area contributed by atoms with Gasteiger partial charge in [0.05, 0.1) is 36.6 Å². The molecule has 36 heavy (non-hydrogen) atoms. The van der Waals surface area contributed by atoms with Crippen LogP contribution in [0, 0.1) is 13.8 Å². The van der Waals surface area contributed by atoms with Crippen molar-refractivity contribution in [2.75, 3.05) is 14.2 Å². The van der Waals surface area contributed by atoms with Gasteiger partial charge in [0.2, 0.25) is 5.88 Å². The number of pyridine rings is 1. The Balaban J connectivity index is 1.84. The van der Waals surface area contributed by atoms with Crippen molar-refractivity contribution in [2.24, 2.45) is 5.10 Å². The van der Waals surface area contributed by atoms with Gasteiger partial charge in [0.25, 0.3) is 15.6 Å². The highest BCUT2D eigenvalue weighted by Crippen LogP contribution is 2.32. The van der Waals surface area contributed by atoms with Gasteiger partial charge >= 0.3 is 0 Å². The normalized spacial score (nSPS) is 11.7. The molecular weight excluding hydrogens is 482 g/mol. The van der Waals surface area contributed by atoms with E-state index < -0.39 is 21.5 Å². The van der Waals surface area contributed by atoms with Gasteiger partial charge in [0.15, 0.2) is 11.5 Å². The van der Waals surface area contributed by atoms with E-state index in [0.29, 0.717) is 33.5 Å². The van der Waals surface area contributed by atoms with Crippen molar-refractivity contribution in [3.63, 3.8) is 0 Å². The molecule has 0 radical (unpaired) electrons. The van der Waals surface area contributed by atoms with E-state index in [9.17, 15) is 18.3 Å². The van der Waals surface area contributed by atoms with Crippen LogP contribution in [-0.4, -0.2) is 38.5 Å². The molecule has 0 atom stereocenters. The maximum Gasteiger partial charge on any atom is 0.276 e. The lowest BCUT2D eigenvalue weighted by molar-refractivity contribution is 0.354. The Morgan fingerprint density at radius 2 is 1.64 bits per heavy atom. The molecule has 0 aliphatic rings. The molecule has 0 amide bonds. The molecule has 2 N–H and O–H groups in total. The monoisotopic (exact) mass is 507 g/mol. The molecule has 10 heteroatoms. The van der Waals surface area contributed by atoms with E-state index in [0.717, 1.165) is 10.1 Å². The number of hydrazone groups is 1. The van der Waals surface area contributed by atoms with Crippen molar-refractivity contribution >= 4 is 27.0 Å². The molecule has 3 aromatic carbocycles. The molecule has 4 rings (SSSR count). The third kappa shape index (κ3) is 4.50. The molecule has 0 aliphatic heterocycles. The maximum absolute atomic E-state index is 13.3. The average Bonchev–Trinajstić information content (AvgIpc) is 2.87. The quantitative estimate of drug-likeness (QED) is 0.291. The highest BCUT2D eigenvalue weighted by atomic mass is 32.2. The van der Waals surface area contributed by atoms with Crippen LogP contribution in [0.15, 0.2) is 75.5 Å². The summed E-state index contributed by atoms with van der Waals surface area (Å²) in [5.74, 6) is 0.406. The van der Waals surface area contributed by atoms with E-state index in [1.807, 2.05) is 6.07 Å². The summed E-state index contributed by atoms with van der Waals surface area (Å²) in [5.41, 5.74) is 1.37. The molecule has 186 valence electrons. The van der Waals surface area contributed by atoms with Gasteiger partial charge < -0.3 is 14.6 Å². The average molecular weight is 508 g/mol. The number of hydrogen-bond donors (Lipinski definition) is 2. The molecule has 4 aromatic rings. The first-order valence-electron chi connectivity index (χ1n) is 10.9. The van der Waals surface area contributed by atoms with Crippen LogP contribution in [0.25, 0.3) is 16.5 Å². The lowest BCUT2D eigenvalue weighted by atomic mass is 10.1. The standard InChI is InChI=1S/C26H25N3O6S/c1-16-9-10-17(2)24(13-16)36(32,33)28-27-15-21-19-7-5-6-8-20(19)25(30)29(26(21)31)18-11-12-22(34-3)23(14-18)35-4/h5-15,28,31H,1-4H3/b27-15-. The summed E-state index contributed by atoms with van der Waals surface area (Å²) >= 11 is 0. The first-order chi connectivity index (χ1) is 17.2. The van der Waals surface area contributed by atoms with Gasteiger partial charge in [0, 0.05) is 16.8 Å². The van der Waals surface area contributed by atoms with Crippen LogP contribution >= 0.6 is 0 Å². The molecule has 1 heterocycles. The molecule has 0 saturated carbocycles. The van der Waals surface area contributed by atoms with Crippen LogP contribution in [0.4, 0.5) is 0 Å². The number of fused-ring (bicyclic) bond motifs is 1. The zero-order valence-electron chi connectivity index (χ0n) is 20.1. The maximum atomic E-state index is 13.3. The van der Waals surface area contributed by atoms with Gasteiger partial charge in [-0.3, -0.25) is 4.79 Å². The Labute approximate surface area is 208 Å². The van der Waals surface area contributed by atoms with E-state index in [1.165, 1.54) is 20.4 Å². The Hall–Kier alpha value is -4.31. The number of nitrogens with one attached hydrogen (secondary N) is 1. The van der Waals surface area contributed by atoms with Crippen molar-refractivity contribution in [3.8, 4) is 23.1 Å². The first kappa shape index (κ1) is 24.8. The van der Waals surface area contributed by atoms with Crippen molar-refractivity contribution in [2.45, 2.75) is 18.7 Å². The molecule has 0 aliphatic carbocycles. The van der Waals surface area contributed by atoms with E-state index in [4.69, 9.17) is 9.47 Å². The smallest absolute Gasteiger partial charge is 0.276 e. The largest absolute Gasteiger partial charge is 0.494 e. The van der Waals surface area contributed by atoms with Crippen LogP contribution in [0.1, 0.15) is 16.7 Å². The second-order valence-electron chi connectivity index (χ2n) is 8.08. The summed E-state index contributed by atoms with van der Waals surface area (Å²) in [4.78, 5) is 15.6. The van der Waals surface area contributed by atoms with Crippen molar-refractivity contribution < 1.29 is 23.0 Å². The fourth-order valence-corrected chi connectivity index (χ4v) is 5.02. The zero-order chi connectivity index (χ0) is 26.0. The summed E-state index contributed by atoms with van der Waals surface area (Å²) in [6.45, 7) is 3.49. The SMILES string of the molecule is COc1ccc(-n2c(O)c(/C=N\NS(=O)(=O)c3cc(C)ccc3C)c3ccccc3c2=O)cc1OC. The first-order valence-corrected chi connectivity index (χ1v) is 12.4. The van der Waals surface area contributed by atoms with Gasteiger partial charge in [-0.15, -0.1) is 0 Å². The van der Waals surface area contributed by atoms with Crippen LogP contribution < -0.4 is 19.9 Å². The van der Waals surface area contributed by atoms with Gasteiger partial charge in [-0.2, -0.15) is 13.5 Å². The molecule has 1 aromatic heterocycles. The van der Waals surface area contributed by atoms with Crippen LogP contribution in [0.2, 0.25) is 0 Å². The number of methoxy groups -OCH3 is 2. The van der Waals surface area contributed by atoms with Crippen molar-refractivity contribution in [3.05, 3.63) is 87.7 Å². The molecule has 0 unspecified atom stereocenters. The van der Waals surface area contributed by atoms with E-state index in [-0.39, 0.29) is 10.5 Å². The predicted octanol–water partition coefficient (Wildman–Crippen LogP) is 3.64. The zero-order valence-corrected chi connectivity index (χ0v) is 21.0. The number of nitrogens with zero attached hydrogens (tertiary/aromatic N) is 2. The minimum absolute atomic E-state index is 0.101. The number of ether oxygens (including phenoxy) is 2. The third-order valence-electron chi connectivity index (χ3n) is 5.73. The second kappa shape index (κ2) is 9.74. The van der Waals surface area contributed by atoms with Gasteiger partial charge in [-0.1, -0.05) is 30.3 Å². The molecule has 0 spiro atoms. The van der Waals surface area contributed by atoms with Gasteiger partial charge in [-0.05, 0) is 49.2 Å². The summed E-state index contributed by atoms with van der Waals surface area (Å²) in [6.07, 6.45) is 1.18. The topological polar surface area (TPSA) is 119 Å². The third-order valence-corrected chi connectivity index (χ3v) is 7.09. The number of aromatic nitrogens is 1. The molecule has 0 bridgehead atoms. The lowest BCUT2D eigenvalue weighted by Crippen LogP contribution is -2.21. The summed E-state index contributed by atoms with van der Waals surface area (Å²) in [5, 5.41) is 15.8. The summed E-state index contributed by atoms with van der Waals surface area (Å²) in [7, 11) is -1.01. The predicted molar refractivity (Wildman–Crippen MR) is 138 cm³/mol. The number of aryl methyl sites for hydroxylation is 2. The Morgan fingerprint density at radius 1 is 0.944 bits per heavy atom. The number of hydrogen-bond acceptors (Lipinski definition) is 7. The number of benzene rings is 3. The van der Waals surface area contributed by atoms with E-state index in [1.54, 1.807) is 68.4 Å². The Kier molecular flexibility index (Phi) is 6.71. The summed E-state index contributed by atoms with van der Waals surface area (Å²) in [6, 6.07) is 16.5. The van der Waals surface area contributed by atoms with Crippen molar-refractivity contribution in [1.29, 1.82) is 0 Å². The summed E-state index contributed by atoms with van der Waals surface area (Å²) < 4.78 is 37.4. The fraction of sp³-hybridized carbons (Fsp3) is 0.154. The molecular formula is C26H25N3O6S. The van der Waals surface area contributed by atoms with E-state index in [2.05, 4.69) is 9.93 Å². The second-order valence-corrected chi connectivity index (χ2v) is 9.71. The molecule has 9 nitrogen and oxygen atoms in total. The highest BCUT2D eigenvalue weighted by molar-refractivity contribution is 7.89. The number of rotatable bonds is 7. The minimum Gasteiger partial charge on any atom is -0.494 e. The van der Waals surface area contributed by atoms with Gasteiger partial charge in [-0.25, -0.2) is 9.40 Å². The fourth-order valence-electron chi connectivity index (χ4n) is 3.90. The van der Waals surface area contributed by atoms with Crippen molar-refractivity contribution in [1.82, 2.24) is 9.40 Å². The number of sulfonamides is 1. The van der Waals surface area contributed by atoms with Crippen LogP contribution in [0.5, 0.6) is 17.4 Å². The molecule has 0 fully saturated rings. The highest BCUT2D eigenvalue weighted by Gasteiger charge is 2.19. The minimum atomic E-state index is -3.97. The lowest BCUT2D eigenvalue weighted by Gasteiger charge is -2.15.